The van der Waals surface area contributed by atoms with Gasteiger partial charge in [0.15, 0.2) is 5.78 Å². The fourth-order valence-electron chi connectivity index (χ4n) is 4.29. The average molecular weight is 441 g/mol. The normalized spacial score (nSPS) is 12.7. The van der Waals surface area contributed by atoms with Crippen LogP contribution in [0.5, 0.6) is 0 Å². The number of benzene rings is 1. The van der Waals surface area contributed by atoms with Crippen LogP contribution in [0.4, 0.5) is 0 Å². The van der Waals surface area contributed by atoms with Gasteiger partial charge in [0.25, 0.3) is 0 Å². The van der Waals surface area contributed by atoms with Crippen molar-refractivity contribution in [1.82, 2.24) is 0 Å². The maximum atomic E-state index is 12.8. The molecule has 0 heterocycles. The summed E-state index contributed by atoms with van der Waals surface area (Å²) < 4.78 is 0. The van der Waals surface area contributed by atoms with Crippen molar-refractivity contribution in [3.63, 3.8) is 0 Å². The van der Waals surface area contributed by atoms with E-state index in [4.69, 9.17) is 0 Å². The molecular weight excluding hydrogens is 392 g/mol. The number of unbranched alkanes of at least 4 members (excludes halogenated alkanes) is 2. The number of allylic oxidation sites excluding steroid dienone is 5. The van der Waals surface area contributed by atoms with Gasteiger partial charge in [-0.3, -0.25) is 4.79 Å². The highest BCUT2D eigenvalue weighted by Crippen LogP contribution is 2.32. The van der Waals surface area contributed by atoms with E-state index in [0.717, 1.165) is 56.1 Å². The molecule has 0 aliphatic heterocycles. The van der Waals surface area contributed by atoms with E-state index in [0.29, 0.717) is 18.8 Å². The van der Waals surface area contributed by atoms with Gasteiger partial charge in [0.1, 0.15) is 5.78 Å². The molecule has 1 aliphatic carbocycles. The Hall–Kier alpha value is -2.22. The summed E-state index contributed by atoms with van der Waals surface area (Å²) in [7, 11) is 0. The second-order valence-corrected chi connectivity index (χ2v) is 8.77. The number of carbonyl (C=O) groups excluding carboxylic acids is 2. The number of ketones is 2. The molecule has 180 valence electrons. The second-order valence-electron chi connectivity index (χ2n) is 8.77. The summed E-state index contributed by atoms with van der Waals surface area (Å²) in [4.78, 5) is 23.8. The summed E-state index contributed by atoms with van der Waals surface area (Å²) in [5.41, 5.74) is 7.27. The Morgan fingerprint density at radius 1 is 1.03 bits per heavy atom. The first kappa shape index (κ1) is 27.8. The lowest BCUT2D eigenvalue weighted by Crippen LogP contribution is -2.07. The monoisotopic (exact) mass is 440 g/mol. The minimum atomic E-state index is 0. The quantitative estimate of drug-likeness (QED) is 0.226. The van der Waals surface area contributed by atoms with E-state index in [9.17, 15) is 9.59 Å². The molecular formula is C30H48O2. The van der Waals surface area contributed by atoms with Gasteiger partial charge < -0.3 is 4.79 Å². The summed E-state index contributed by atoms with van der Waals surface area (Å²) >= 11 is 0. The zero-order valence-electron chi connectivity index (χ0n) is 21.4. The standard InChI is InChI=1S/C28H38O2.C2H6.2H2/c1-6-23(7-2)27-16-15-25(28(30)12-10-8-9-11-22(5)29)19-26(27)18-21(4)24-14-13-20(3)17-24;1-2;;/h13-16,19,23H,4,6-12,17-18H2,1-3,5H3;1-2H3;2*1H. The van der Waals surface area contributed by atoms with Crippen molar-refractivity contribution in [3.05, 3.63) is 70.3 Å². The van der Waals surface area contributed by atoms with Gasteiger partial charge in [0.05, 0.1) is 0 Å². The number of hydrogen-bond acceptors (Lipinski definition) is 2. The third kappa shape index (κ3) is 8.73. The molecule has 0 N–H and O–H groups in total. The van der Waals surface area contributed by atoms with Crippen LogP contribution in [0.15, 0.2) is 53.6 Å². The highest BCUT2D eigenvalue weighted by atomic mass is 16.1. The second kappa shape index (κ2) is 14.8. The van der Waals surface area contributed by atoms with E-state index < -0.39 is 0 Å². The van der Waals surface area contributed by atoms with Crippen LogP contribution < -0.4 is 0 Å². The summed E-state index contributed by atoms with van der Waals surface area (Å²) in [6.07, 6.45) is 12.2. The van der Waals surface area contributed by atoms with Crippen molar-refractivity contribution < 1.29 is 12.4 Å². The first-order valence-corrected chi connectivity index (χ1v) is 12.6. The molecule has 1 aromatic carbocycles. The van der Waals surface area contributed by atoms with Crippen LogP contribution in [0.3, 0.4) is 0 Å². The van der Waals surface area contributed by atoms with E-state index in [-0.39, 0.29) is 14.4 Å². The Bertz CT molecular complexity index is 845. The van der Waals surface area contributed by atoms with Crippen molar-refractivity contribution in [2.45, 2.75) is 105 Å². The zero-order chi connectivity index (χ0) is 24.1. The Balaban J connectivity index is 0. The van der Waals surface area contributed by atoms with E-state index >= 15 is 0 Å². The van der Waals surface area contributed by atoms with Crippen LogP contribution in [0, 0.1) is 0 Å². The predicted octanol–water partition coefficient (Wildman–Crippen LogP) is 9.21. The SMILES string of the molecule is C=C(Cc1cc(C(=O)CCCCCC(C)=O)ccc1C(CC)CC)C1=CC=C(C)C1.CC.[HH].[HH]. The highest BCUT2D eigenvalue weighted by molar-refractivity contribution is 5.96. The van der Waals surface area contributed by atoms with Crippen molar-refractivity contribution in [1.29, 1.82) is 0 Å². The fraction of sp³-hybridized carbons (Fsp3) is 0.533. The molecule has 2 nitrogen and oxygen atoms in total. The molecule has 0 aromatic heterocycles. The molecule has 2 rings (SSSR count). The molecule has 1 aromatic rings. The third-order valence-corrected chi connectivity index (χ3v) is 6.22. The molecule has 32 heavy (non-hydrogen) atoms. The van der Waals surface area contributed by atoms with E-state index in [1.54, 1.807) is 6.92 Å². The Kier molecular flexibility index (Phi) is 12.8. The van der Waals surface area contributed by atoms with E-state index in [1.807, 2.05) is 19.9 Å². The van der Waals surface area contributed by atoms with Crippen LogP contribution in [0.1, 0.15) is 123 Å². The molecule has 0 amide bonds. The summed E-state index contributed by atoms with van der Waals surface area (Å²) in [5, 5.41) is 0. The minimum absolute atomic E-state index is 0. The number of Topliss-reactive ketones (excluding diaryl/α,β-unsaturated/α-hetero) is 2. The molecule has 0 atom stereocenters. The molecule has 0 fully saturated rings. The smallest absolute Gasteiger partial charge is 0.162 e. The molecule has 2 heteroatoms. The van der Waals surface area contributed by atoms with Gasteiger partial charge in [-0.2, -0.15) is 0 Å². The third-order valence-electron chi connectivity index (χ3n) is 6.22. The lowest BCUT2D eigenvalue weighted by Gasteiger charge is -2.20. The maximum absolute atomic E-state index is 12.8. The Morgan fingerprint density at radius 2 is 1.69 bits per heavy atom. The van der Waals surface area contributed by atoms with E-state index in [1.165, 1.54) is 22.3 Å². The molecule has 0 unspecified atom stereocenters. The molecule has 0 saturated heterocycles. The van der Waals surface area contributed by atoms with Crippen molar-refractivity contribution in [2.75, 3.05) is 0 Å². The van der Waals surface area contributed by atoms with Gasteiger partial charge in [-0.05, 0) is 86.6 Å². The van der Waals surface area contributed by atoms with Gasteiger partial charge in [0.2, 0.25) is 0 Å². The zero-order valence-corrected chi connectivity index (χ0v) is 21.4. The molecule has 0 saturated carbocycles. The van der Waals surface area contributed by atoms with Gasteiger partial charge in [-0.15, -0.1) is 0 Å². The van der Waals surface area contributed by atoms with Crippen LogP contribution in [-0.4, -0.2) is 11.6 Å². The first-order chi connectivity index (χ1) is 15.3. The lowest BCUT2D eigenvalue weighted by molar-refractivity contribution is -0.117. The van der Waals surface area contributed by atoms with E-state index in [2.05, 4.69) is 51.6 Å². The molecule has 0 radical (unpaired) electrons. The topological polar surface area (TPSA) is 34.1 Å². The number of hydrogen-bond donors (Lipinski definition) is 0. The van der Waals surface area contributed by atoms with Crippen molar-refractivity contribution >= 4 is 11.6 Å². The van der Waals surface area contributed by atoms with Crippen molar-refractivity contribution in [2.24, 2.45) is 0 Å². The molecule has 0 spiro atoms. The van der Waals surface area contributed by atoms with Crippen LogP contribution in [0.2, 0.25) is 0 Å². The molecule has 1 aliphatic rings. The summed E-state index contributed by atoms with van der Waals surface area (Å²) in [6.45, 7) is 16.6. The van der Waals surface area contributed by atoms with Gasteiger partial charge in [0, 0.05) is 21.3 Å². The fourth-order valence-corrected chi connectivity index (χ4v) is 4.29. The Labute approximate surface area is 199 Å². The van der Waals surface area contributed by atoms with Gasteiger partial charge in [-0.1, -0.05) is 70.6 Å². The van der Waals surface area contributed by atoms with Crippen LogP contribution in [0.25, 0.3) is 0 Å². The lowest BCUT2D eigenvalue weighted by atomic mass is 9.85. The largest absolute Gasteiger partial charge is 0.300 e. The predicted molar refractivity (Wildman–Crippen MR) is 143 cm³/mol. The van der Waals surface area contributed by atoms with Crippen LogP contribution >= 0.6 is 0 Å². The molecule has 0 bridgehead atoms. The number of rotatable bonds is 13. The Morgan fingerprint density at radius 3 is 2.25 bits per heavy atom. The van der Waals surface area contributed by atoms with Crippen LogP contribution in [-0.2, 0) is 11.2 Å². The van der Waals surface area contributed by atoms with Crippen molar-refractivity contribution in [3.8, 4) is 0 Å². The highest BCUT2D eigenvalue weighted by Gasteiger charge is 2.17. The average Bonchev–Trinajstić information content (AvgIpc) is 3.22. The minimum Gasteiger partial charge on any atom is -0.300 e. The summed E-state index contributed by atoms with van der Waals surface area (Å²) in [6, 6.07) is 6.31. The number of carbonyl (C=O) groups is 2. The first-order valence-electron chi connectivity index (χ1n) is 12.6. The maximum Gasteiger partial charge on any atom is 0.162 e. The van der Waals surface area contributed by atoms with Gasteiger partial charge >= 0.3 is 0 Å². The van der Waals surface area contributed by atoms with Gasteiger partial charge in [-0.25, -0.2) is 0 Å². The summed E-state index contributed by atoms with van der Waals surface area (Å²) in [5.74, 6) is 0.949.